The number of fused-ring (bicyclic) bond motifs is 1. The van der Waals surface area contributed by atoms with Gasteiger partial charge in [0.2, 0.25) is 15.9 Å². The van der Waals surface area contributed by atoms with Crippen molar-refractivity contribution in [2.75, 3.05) is 6.54 Å². The molecular formula is C37H50FN5O9S. The maximum absolute atomic E-state index is 14.4. The van der Waals surface area contributed by atoms with Gasteiger partial charge in [-0.15, -0.1) is 13.2 Å². The number of halogens is 1. The van der Waals surface area contributed by atoms with Crippen LogP contribution in [0.4, 0.5) is 14.0 Å². The van der Waals surface area contributed by atoms with Crippen LogP contribution in [0.1, 0.15) is 89.7 Å². The molecule has 5 rings (SSSR count). The quantitative estimate of drug-likeness (QED) is 0.176. The predicted octanol–water partition coefficient (Wildman–Crippen LogP) is 3.95. The molecule has 14 nitrogen and oxygen atoms in total. The molecule has 4 aliphatic rings. The third-order valence-electron chi connectivity index (χ3n) is 9.93. The van der Waals surface area contributed by atoms with Crippen LogP contribution in [-0.2, 0) is 47.0 Å². The first-order valence-electron chi connectivity index (χ1n) is 18.1. The summed E-state index contributed by atoms with van der Waals surface area (Å²) in [4.78, 5) is 70.6. The number of unbranched alkanes of at least 4 members (excludes halogenated alkanes) is 3. The van der Waals surface area contributed by atoms with Crippen molar-refractivity contribution in [1.29, 1.82) is 0 Å². The van der Waals surface area contributed by atoms with Gasteiger partial charge in [0.25, 0.3) is 11.8 Å². The molecule has 2 aliphatic heterocycles. The summed E-state index contributed by atoms with van der Waals surface area (Å²) in [5, 5.41) is 4.70. The summed E-state index contributed by atoms with van der Waals surface area (Å²) in [5.74, 6) is -3.40. The largest absolute Gasteiger partial charge is 0.444 e. The minimum atomic E-state index is -3.94. The van der Waals surface area contributed by atoms with Gasteiger partial charge in [0.1, 0.15) is 23.5 Å². The molecule has 3 N–H and O–H groups in total. The van der Waals surface area contributed by atoms with Crippen LogP contribution in [0.2, 0.25) is 0 Å². The lowest BCUT2D eigenvalue weighted by molar-refractivity contribution is -0.146. The standard InChI is InChI=1S/C37H50FN5O9S/c1-6-8-9-10-11-15-30(52-34(47)40-36(3,4)5)32(45)43-21-25(51-35(48)42-20-23-13-12-14-28(38)27(23)22-42)18-29(43)31(44)39-37(19-24(37)7-2)33(46)41-53(49,50)26-16-17-26/h6-7,12-14,24-26,29-30H,1-2,8-11,15-22H2,3-5H3,(H,39,44)(H,40,47)(H,41,46)/t24-,25-,29+,30?,37-/m1/s1. The van der Waals surface area contributed by atoms with Crippen LogP contribution < -0.4 is 15.4 Å². The third-order valence-corrected chi connectivity index (χ3v) is 11.7. The van der Waals surface area contributed by atoms with Crippen molar-refractivity contribution in [2.24, 2.45) is 5.92 Å². The summed E-state index contributed by atoms with van der Waals surface area (Å²) in [6.07, 6.45) is 3.05. The normalized spacial score (nSPS) is 24.0. The molecule has 16 heteroatoms. The van der Waals surface area contributed by atoms with E-state index in [1.165, 1.54) is 21.9 Å². The van der Waals surface area contributed by atoms with Crippen LogP contribution in [0.3, 0.4) is 0 Å². The molecule has 1 aromatic rings. The smallest absolute Gasteiger partial charge is 0.410 e. The maximum Gasteiger partial charge on any atom is 0.410 e. The van der Waals surface area contributed by atoms with E-state index in [9.17, 15) is 36.8 Å². The zero-order chi connectivity index (χ0) is 38.7. The Bertz CT molecular complexity index is 1740. The molecule has 2 heterocycles. The summed E-state index contributed by atoms with van der Waals surface area (Å²) < 4.78 is 53.3. The number of rotatable bonds is 15. The molecule has 2 saturated carbocycles. The van der Waals surface area contributed by atoms with E-state index < -0.39 is 86.2 Å². The molecule has 1 aromatic carbocycles. The topological polar surface area (TPSA) is 181 Å². The van der Waals surface area contributed by atoms with E-state index in [2.05, 4.69) is 28.5 Å². The fourth-order valence-corrected chi connectivity index (χ4v) is 8.16. The highest BCUT2D eigenvalue weighted by molar-refractivity contribution is 7.91. The number of alkyl carbamates (subject to hydrolysis) is 1. The second kappa shape index (κ2) is 15.9. The number of sulfonamides is 1. The van der Waals surface area contributed by atoms with Gasteiger partial charge in [-0.3, -0.25) is 24.0 Å². The highest BCUT2D eigenvalue weighted by Crippen LogP contribution is 2.45. The van der Waals surface area contributed by atoms with E-state index in [1.54, 1.807) is 39.0 Å². The van der Waals surface area contributed by atoms with E-state index in [4.69, 9.17) is 9.47 Å². The second-order valence-corrected chi connectivity index (χ2v) is 17.3. The number of carbonyl (C=O) groups excluding carboxylic acids is 5. The third kappa shape index (κ3) is 9.56. The van der Waals surface area contributed by atoms with E-state index in [0.29, 0.717) is 36.8 Å². The van der Waals surface area contributed by atoms with Gasteiger partial charge in [0, 0.05) is 30.0 Å². The molecule has 0 radical (unpaired) electrons. The Morgan fingerprint density at radius 1 is 1.09 bits per heavy atom. The lowest BCUT2D eigenvalue weighted by Crippen LogP contribution is -2.57. The number of nitrogens with zero attached hydrogens (tertiary/aromatic N) is 2. The minimum Gasteiger partial charge on any atom is -0.444 e. The lowest BCUT2D eigenvalue weighted by atomic mass is 10.1. The zero-order valence-corrected chi connectivity index (χ0v) is 31.3. The van der Waals surface area contributed by atoms with Crippen molar-refractivity contribution >= 4 is 39.9 Å². The van der Waals surface area contributed by atoms with Crippen LogP contribution in [-0.4, -0.2) is 89.2 Å². The van der Waals surface area contributed by atoms with Crippen LogP contribution in [0.5, 0.6) is 0 Å². The molecule has 1 saturated heterocycles. The lowest BCUT2D eigenvalue weighted by Gasteiger charge is -2.30. The molecule has 0 bridgehead atoms. The highest BCUT2D eigenvalue weighted by atomic mass is 32.2. The van der Waals surface area contributed by atoms with Crippen molar-refractivity contribution < 1.29 is 46.3 Å². The van der Waals surface area contributed by atoms with Gasteiger partial charge in [-0.1, -0.05) is 30.7 Å². The number of ether oxygens (including phenoxy) is 2. The van der Waals surface area contributed by atoms with Gasteiger partial charge in [-0.25, -0.2) is 22.4 Å². The van der Waals surface area contributed by atoms with Gasteiger partial charge >= 0.3 is 12.2 Å². The zero-order valence-electron chi connectivity index (χ0n) is 30.5. The van der Waals surface area contributed by atoms with E-state index >= 15 is 0 Å². The summed E-state index contributed by atoms with van der Waals surface area (Å²) in [5.41, 5.74) is -1.28. The molecule has 5 amide bonds. The van der Waals surface area contributed by atoms with Crippen LogP contribution in [0, 0.1) is 11.7 Å². The SMILES string of the molecule is C=CCCCCCC(OC(=O)NC(C)(C)C)C(=O)N1C[C@H](OC(=O)N2Cc3cccc(F)c3C2)C[C@H]1C(=O)N[C@]1(C(=O)NS(=O)(=O)C2CC2)C[C@H]1C=C. The molecule has 0 spiro atoms. The molecule has 1 unspecified atom stereocenters. The van der Waals surface area contributed by atoms with Crippen molar-refractivity contribution in [3.05, 3.63) is 60.5 Å². The first-order chi connectivity index (χ1) is 25.0. The van der Waals surface area contributed by atoms with Crippen molar-refractivity contribution in [2.45, 2.75) is 126 Å². The molecule has 5 atom stereocenters. The van der Waals surface area contributed by atoms with Crippen LogP contribution in [0.25, 0.3) is 0 Å². The van der Waals surface area contributed by atoms with Gasteiger partial charge in [-0.2, -0.15) is 0 Å². The Labute approximate surface area is 309 Å². The Balaban J connectivity index is 1.37. The average molecular weight is 760 g/mol. The summed E-state index contributed by atoms with van der Waals surface area (Å²) >= 11 is 0. The molecule has 2 aliphatic carbocycles. The van der Waals surface area contributed by atoms with Crippen LogP contribution in [0.15, 0.2) is 43.5 Å². The number of likely N-dealkylation sites (tertiary alicyclic amines) is 1. The fraction of sp³-hybridized carbons (Fsp3) is 0.595. The number of benzene rings is 1. The summed E-state index contributed by atoms with van der Waals surface area (Å²) in [6.45, 7) is 12.6. The number of hydrogen-bond acceptors (Lipinski definition) is 9. The number of nitrogens with one attached hydrogen (secondary N) is 3. The highest BCUT2D eigenvalue weighted by Gasteiger charge is 2.62. The monoisotopic (exact) mass is 759 g/mol. The first-order valence-corrected chi connectivity index (χ1v) is 19.6. The Morgan fingerprint density at radius 2 is 1.83 bits per heavy atom. The van der Waals surface area contributed by atoms with E-state index in [1.807, 2.05) is 0 Å². The number of amides is 5. The van der Waals surface area contributed by atoms with Gasteiger partial charge in [-0.05, 0) is 77.3 Å². The van der Waals surface area contributed by atoms with Crippen molar-refractivity contribution in [3.63, 3.8) is 0 Å². The second-order valence-electron chi connectivity index (χ2n) is 15.4. The molecule has 290 valence electrons. The van der Waals surface area contributed by atoms with Crippen LogP contribution >= 0.6 is 0 Å². The van der Waals surface area contributed by atoms with E-state index in [0.717, 1.165) is 12.8 Å². The molecular weight excluding hydrogens is 709 g/mol. The Morgan fingerprint density at radius 3 is 2.45 bits per heavy atom. The van der Waals surface area contributed by atoms with Crippen molar-refractivity contribution in [1.82, 2.24) is 25.2 Å². The molecule has 3 fully saturated rings. The average Bonchev–Trinajstić information content (AvgIpc) is 3.97. The fourth-order valence-electron chi connectivity index (χ4n) is 6.80. The van der Waals surface area contributed by atoms with Crippen molar-refractivity contribution in [3.8, 4) is 0 Å². The van der Waals surface area contributed by atoms with Gasteiger partial charge < -0.3 is 25.0 Å². The van der Waals surface area contributed by atoms with Gasteiger partial charge in [0.05, 0.1) is 18.3 Å². The number of allylic oxidation sites excluding steroid dienone is 1. The number of carbonyl (C=O) groups is 5. The maximum atomic E-state index is 14.4. The molecule has 53 heavy (non-hydrogen) atoms. The Hall–Kier alpha value is -4.47. The minimum absolute atomic E-state index is 0.0187. The number of hydrogen-bond donors (Lipinski definition) is 3. The summed E-state index contributed by atoms with van der Waals surface area (Å²) in [7, 11) is -3.94. The van der Waals surface area contributed by atoms with E-state index in [-0.39, 0.29) is 38.9 Å². The molecule has 0 aromatic heterocycles. The Kier molecular flexibility index (Phi) is 11.9. The first kappa shape index (κ1) is 39.7. The predicted molar refractivity (Wildman–Crippen MR) is 192 cm³/mol. The van der Waals surface area contributed by atoms with Gasteiger partial charge in [0.15, 0.2) is 6.10 Å². The summed E-state index contributed by atoms with van der Waals surface area (Å²) in [6, 6.07) is 3.28.